The van der Waals surface area contributed by atoms with Crippen molar-refractivity contribution in [1.82, 2.24) is 19.7 Å². The van der Waals surface area contributed by atoms with Crippen LogP contribution in [0.5, 0.6) is 5.75 Å². The number of ether oxygens (including phenoxy) is 1. The van der Waals surface area contributed by atoms with E-state index in [1.165, 1.54) is 12.1 Å². The highest BCUT2D eigenvalue weighted by molar-refractivity contribution is 7.91. The van der Waals surface area contributed by atoms with Crippen molar-refractivity contribution in [2.45, 2.75) is 31.8 Å². The SMILES string of the molecule is CCN1CCN(C(=O)N2CC(CC(=O)CO)(CS(=O)(=O)c3ccc(OCc4cc(C)nc5ccccc45)cc3)C2)CC1. The van der Waals surface area contributed by atoms with Crippen LogP contribution in [0.4, 0.5) is 4.79 Å². The van der Waals surface area contributed by atoms with Crippen molar-refractivity contribution >= 4 is 32.6 Å². The number of fused-ring (bicyclic) bond motifs is 1. The normalized spacial score (nSPS) is 17.2. The van der Waals surface area contributed by atoms with Crippen LogP contribution in [0.25, 0.3) is 10.9 Å². The summed E-state index contributed by atoms with van der Waals surface area (Å²) in [4.78, 5) is 35.7. The van der Waals surface area contributed by atoms with Gasteiger partial charge in [0, 0.05) is 67.7 Å². The maximum absolute atomic E-state index is 13.5. The molecule has 5 rings (SSSR count). The summed E-state index contributed by atoms with van der Waals surface area (Å²) < 4.78 is 33.0. The van der Waals surface area contributed by atoms with Crippen LogP contribution in [0.15, 0.2) is 59.5 Å². The van der Waals surface area contributed by atoms with Gasteiger partial charge in [0.1, 0.15) is 19.0 Å². The molecule has 2 aliphatic heterocycles. The molecule has 2 amide bonds. The molecule has 0 aliphatic carbocycles. The molecule has 11 heteroatoms. The van der Waals surface area contributed by atoms with Crippen molar-refractivity contribution in [3.63, 3.8) is 0 Å². The second kappa shape index (κ2) is 12.4. The first-order chi connectivity index (χ1) is 20.1. The quantitative estimate of drug-likeness (QED) is 0.381. The maximum Gasteiger partial charge on any atom is 0.320 e. The van der Waals surface area contributed by atoms with E-state index >= 15 is 0 Å². The van der Waals surface area contributed by atoms with Gasteiger partial charge in [-0.05, 0) is 49.9 Å². The molecular formula is C31H38N4O6S. The molecule has 3 aromatic rings. The lowest BCUT2D eigenvalue weighted by atomic mass is 9.77. The molecule has 2 aliphatic rings. The number of para-hydroxylation sites is 1. The summed E-state index contributed by atoms with van der Waals surface area (Å²) in [6.07, 6.45) is -0.101. The van der Waals surface area contributed by atoms with E-state index in [9.17, 15) is 23.1 Å². The van der Waals surface area contributed by atoms with Gasteiger partial charge in [-0.15, -0.1) is 0 Å². The number of urea groups is 1. The van der Waals surface area contributed by atoms with E-state index in [1.54, 1.807) is 21.9 Å². The molecule has 0 saturated carbocycles. The van der Waals surface area contributed by atoms with E-state index in [0.717, 1.165) is 41.8 Å². The van der Waals surface area contributed by atoms with E-state index in [0.29, 0.717) is 25.4 Å². The summed E-state index contributed by atoms with van der Waals surface area (Å²) in [5, 5.41) is 10.4. The molecule has 0 atom stereocenters. The molecule has 42 heavy (non-hydrogen) atoms. The van der Waals surface area contributed by atoms with E-state index < -0.39 is 27.6 Å². The number of nitrogens with zero attached hydrogens (tertiary/aromatic N) is 4. The van der Waals surface area contributed by atoms with E-state index in [-0.39, 0.29) is 36.2 Å². The van der Waals surface area contributed by atoms with Crippen LogP contribution in [0.1, 0.15) is 24.6 Å². The molecule has 1 N–H and O–H groups in total. The van der Waals surface area contributed by atoms with Gasteiger partial charge in [-0.3, -0.25) is 9.78 Å². The number of amides is 2. The third kappa shape index (κ3) is 6.58. The molecule has 0 spiro atoms. The van der Waals surface area contributed by atoms with Gasteiger partial charge in [-0.1, -0.05) is 25.1 Å². The van der Waals surface area contributed by atoms with Crippen LogP contribution < -0.4 is 4.74 Å². The Morgan fingerprint density at radius 3 is 2.36 bits per heavy atom. The van der Waals surface area contributed by atoms with Gasteiger partial charge in [0.25, 0.3) is 0 Å². The number of carbonyl (C=O) groups excluding carboxylic acids is 2. The molecule has 1 aromatic heterocycles. The fraction of sp³-hybridized carbons (Fsp3) is 0.452. The van der Waals surface area contributed by atoms with E-state index in [4.69, 9.17) is 4.74 Å². The minimum atomic E-state index is -3.79. The van der Waals surface area contributed by atoms with Gasteiger partial charge < -0.3 is 24.5 Å². The molecule has 224 valence electrons. The number of aliphatic hydroxyl groups is 1. The minimum absolute atomic E-state index is 0.101. The summed E-state index contributed by atoms with van der Waals surface area (Å²) in [5.74, 6) is -0.195. The zero-order chi connectivity index (χ0) is 29.9. The van der Waals surface area contributed by atoms with Crippen molar-refractivity contribution in [2.75, 3.05) is 58.2 Å². The number of piperazine rings is 1. The van der Waals surface area contributed by atoms with Crippen LogP contribution in [0.2, 0.25) is 0 Å². The highest BCUT2D eigenvalue weighted by Gasteiger charge is 2.50. The molecule has 3 heterocycles. The number of likely N-dealkylation sites (N-methyl/N-ethyl adjacent to an activating group) is 1. The van der Waals surface area contributed by atoms with Gasteiger partial charge in [-0.2, -0.15) is 0 Å². The number of rotatable bonds is 10. The van der Waals surface area contributed by atoms with Gasteiger partial charge in [-0.25, -0.2) is 13.2 Å². The molecule has 0 bridgehead atoms. The second-order valence-electron chi connectivity index (χ2n) is 11.4. The summed E-state index contributed by atoms with van der Waals surface area (Å²) >= 11 is 0. The first-order valence-corrected chi connectivity index (χ1v) is 16.0. The highest BCUT2D eigenvalue weighted by Crippen LogP contribution is 2.38. The monoisotopic (exact) mass is 594 g/mol. The number of benzene rings is 2. The average Bonchev–Trinajstić information content (AvgIpc) is 2.98. The molecule has 0 radical (unpaired) electrons. The predicted octanol–water partition coefficient (Wildman–Crippen LogP) is 2.91. The number of Topliss-reactive ketones (excluding diaryl/α,β-unsaturated/α-hetero) is 1. The van der Waals surface area contributed by atoms with Gasteiger partial charge in [0.2, 0.25) is 0 Å². The summed E-state index contributed by atoms with van der Waals surface area (Å²) in [7, 11) is -3.79. The molecule has 2 aromatic carbocycles. The number of sulfone groups is 1. The van der Waals surface area contributed by atoms with Gasteiger partial charge in [0.15, 0.2) is 15.6 Å². The number of hydrogen-bond acceptors (Lipinski definition) is 8. The maximum atomic E-state index is 13.5. The van der Waals surface area contributed by atoms with E-state index in [1.807, 2.05) is 37.3 Å². The Bertz CT molecular complexity index is 1550. The minimum Gasteiger partial charge on any atom is -0.489 e. The Kier molecular flexibility index (Phi) is 8.81. The van der Waals surface area contributed by atoms with Crippen LogP contribution in [0, 0.1) is 12.3 Å². The first-order valence-electron chi connectivity index (χ1n) is 14.3. The average molecular weight is 595 g/mol. The fourth-order valence-electron chi connectivity index (χ4n) is 5.99. The Labute approximate surface area is 246 Å². The number of aliphatic hydroxyl groups excluding tert-OH is 1. The van der Waals surface area contributed by atoms with Crippen LogP contribution in [-0.4, -0.2) is 103 Å². The number of ketones is 1. The number of carbonyl (C=O) groups is 2. The Morgan fingerprint density at radius 2 is 1.69 bits per heavy atom. The van der Waals surface area contributed by atoms with Crippen molar-refractivity contribution in [3.8, 4) is 5.75 Å². The Balaban J connectivity index is 1.24. The van der Waals surface area contributed by atoms with Crippen molar-refractivity contribution in [3.05, 3.63) is 65.9 Å². The fourth-order valence-corrected chi connectivity index (χ4v) is 7.80. The van der Waals surface area contributed by atoms with Crippen molar-refractivity contribution in [1.29, 1.82) is 0 Å². The summed E-state index contributed by atoms with van der Waals surface area (Å²) in [6, 6.07) is 16.0. The molecular weight excluding hydrogens is 556 g/mol. The van der Waals surface area contributed by atoms with Crippen molar-refractivity contribution < 1.29 is 27.9 Å². The topological polar surface area (TPSA) is 120 Å². The van der Waals surface area contributed by atoms with Crippen LogP contribution >= 0.6 is 0 Å². The molecule has 10 nitrogen and oxygen atoms in total. The number of likely N-dealkylation sites (tertiary alicyclic amines) is 1. The Morgan fingerprint density at radius 1 is 1.00 bits per heavy atom. The zero-order valence-electron chi connectivity index (χ0n) is 24.2. The third-order valence-corrected chi connectivity index (χ3v) is 10.1. The largest absolute Gasteiger partial charge is 0.489 e. The summed E-state index contributed by atoms with van der Waals surface area (Å²) in [6.45, 7) is 7.76. The Hall–Kier alpha value is -3.54. The zero-order valence-corrected chi connectivity index (χ0v) is 25.0. The van der Waals surface area contributed by atoms with Gasteiger partial charge in [0.05, 0.1) is 16.2 Å². The van der Waals surface area contributed by atoms with Crippen molar-refractivity contribution in [2.24, 2.45) is 5.41 Å². The lowest BCUT2D eigenvalue weighted by Gasteiger charge is -2.51. The summed E-state index contributed by atoms with van der Waals surface area (Å²) in [5.41, 5.74) is 1.83. The lowest BCUT2D eigenvalue weighted by molar-refractivity contribution is -0.126. The second-order valence-corrected chi connectivity index (χ2v) is 13.4. The van der Waals surface area contributed by atoms with Gasteiger partial charge >= 0.3 is 6.03 Å². The standard InChI is InChI=1S/C31H38N4O6S/c1-3-33-12-14-34(15-13-33)30(38)35-20-31(21-35,17-25(37)18-36)22-42(39,40)27-10-8-26(9-11-27)41-19-24-16-23(2)32-29-7-5-4-6-28(24)29/h4-11,16,36H,3,12-15,17-22H2,1-2H3. The lowest BCUT2D eigenvalue weighted by Crippen LogP contribution is -2.65. The number of hydrogen-bond donors (Lipinski definition) is 1. The third-order valence-electron chi connectivity index (χ3n) is 8.16. The number of pyridine rings is 1. The highest BCUT2D eigenvalue weighted by atomic mass is 32.2. The van der Waals surface area contributed by atoms with Crippen LogP contribution in [0.3, 0.4) is 0 Å². The molecule has 0 unspecified atom stereocenters. The van der Waals surface area contributed by atoms with Crippen LogP contribution in [-0.2, 0) is 21.2 Å². The predicted molar refractivity (Wildman–Crippen MR) is 159 cm³/mol. The molecule has 2 saturated heterocycles. The molecule has 2 fully saturated rings. The number of aryl methyl sites for hydroxylation is 1. The number of aromatic nitrogens is 1. The first kappa shape index (κ1) is 29.9. The van der Waals surface area contributed by atoms with E-state index in [2.05, 4.69) is 16.8 Å². The smallest absolute Gasteiger partial charge is 0.320 e.